The van der Waals surface area contributed by atoms with Gasteiger partial charge in [-0.25, -0.2) is 0 Å². The molecule has 0 radical (unpaired) electrons. The molecule has 1 amide bonds. The summed E-state index contributed by atoms with van der Waals surface area (Å²) >= 11 is 0. The summed E-state index contributed by atoms with van der Waals surface area (Å²) in [5, 5.41) is 13.7. The van der Waals surface area contributed by atoms with Crippen LogP contribution in [0.2, 0.25) is 0 Å². The molecule has 0 aliphatic heterocycles. The minimum Gasteiger partial charge on any atom is -0.493 e. The normalized spacial score (nSPS) is 12.2. The number of aromatic nitrogens is 1. The van der Waals surface area contributed by atoms with Crippen LogP contribution >= 0.6 is 0 Å². The second kappa shape index (κ2) is 17.0. The highest BCUT2D eigenvalue weighted by atomic mass is 16.5. The summed E-state index contributed by atoms with van der Waals surface area (Å²) in [5.41, 5.74) is 3.61. The molecule has 0 unspecified atom stereocenters. The predicted octanol–water partition coefficient (Wildman–Crippen LogP) is 7.48. The molecule has 2 N–H and O–H groups in total. The summed E-state index contributed by atoms with van der Waals surface area (Å²) in [4.78, 5) is 15.6. The molecule has 0 atom stereocenters. The molecule has 0 aliphatic rings. The summed E-state index contributed by atoms with van der Waals surface area (Å²) < 4.78 is 8.38. The molecule has 0 bridgehead atoms. The van der Waals surface area contributed by atoms with Crippen molar-refractivity contribution in [3.8, 4) is 5.75 Å². The van der Waals surface area contributed by atoms with Gasteiger partial charge in [0, 0.05) is 24.2 Å². The number of carbonyl (C=O) groups excluding carboxylic acids is 1. The summed E-state index contributed by atoms with van der Waals surface area (Å²) in [6.07, 6.45) is 7.15. The van der Waals surface area contributed by atoms with E-state index in [1.165, 1.54) is 11.3 Å². The monoisotopic (exact) mass is 569 g/mol. The highest BCUT2D eigenvalue weighted by Crippen LogP contribution is 2.41. The van der Waals surface area contributed by atoms with Crippen LogP contribution < -0.4 is 10.1 Å². The molecule has 2 rings (SSSR count). The van der Waals surface area contributed by atoms with Crippen LogP contribution in [0.5, 0.6) is 5.75 Å². The van der Waals surface area contributed by atoms with Crippen LogP contribution in [-0.4, -0.2) is 58.9 Å². The van der Waals surface area contributed by atoms with Crippen LogP contribution in [0.3, 0.4) is 0 Å². The highest BCUT2D eigenvalue weighted by Gasteiger charge is 2.35. The van der Waals surface area contributed by atoms with E-state index >= 15 is 0 Å². The van der Waals surface area contributed by atoms with E-state index in [4.69, 9.17) is 4.74 Å². The zero-order chi connectivity index (χ0) is 30.5. The molecule has 0 saturated carbocycles. The van der Waals surface area contributed by atoms with E-state index < -0.39 is 5.60 Å². The second-order valence-corrected chi connectivity index (χ2v) is 11.5. The van der Waals surface area contributed by atoms with Gasteiger partial charge in [-0.1, -0.05) is 53.7 Å². The van der Waals surface area contributed by atoms with Crippen molar-refractivity contribution in [2.45, 2.75) is 124 Å². The SMILES string of the molecule is CCN(CC)CCCNC(=O)c1ccc(C(CC)(CC)c2ccc(OCCCCC(O)(CC)CC)c(C)c2)n1CC. The number of aliphatic hydroxyl groups is 1. The molecule has 0 aliphatic carbocycles. The standard InChI is InChI=1S/C35H59N3O3/c1-9-34(40,10-2)23-16-17-26-41-31-21-19-29(27-28(31)8)35(11-3,12-4)32-22-20-30(38(32)15-7)33(39)36-24-18-25-37(13-5)14-6/h19-22,27,40H,9-18,23-26H2,1-8H3,(H,36,39). The van der Waals surface area contributed by atoms with Crippen LogP contribution in [0.25, 0.3) is 0 Å². The van der Waals surface area contributed by atoms with Gasteiger partial charge in [0.2, 0.25) is 0 Å². The fourth-order valence-electron chi connectivity index (χ4n) is 6.18. The third kappa shape index (κ3) is 8.84. The van der Waals surface area contributed by atoms with Crippen LogP contribution in [0.1, 0.15) is 127 Å². The molecule has 232 valence electrons. The number of hydrogen-bond acceptors (Lipinski definition) is 4. The molecule has 1 heterocycles. The molecule has 0 saturated heterocycles. The first-order valence-electron chi connectivity index (χ1n) is 16.4. The van der Waals surface area contributed by atoms with Crippen molar-refractivity contribution in [1.29, 1.82) is 0 Å². The van der Waals surface area contributed by atoms with Crippen molar-refractivity contribution < 1.29 is 14.6 Å². The molecule has 41 heavy (non-hydrogen) atoms. The number of amides is 1. The molecule has 0 fully saturated rings. The van der Waals surface area contributed by atoms with Gasteiger partial charge in [-0.15, -0.1) is 0 Å². The number of rotatable bonds is 20. The number of ether oxygens (including phenoxy) is 1. The maximum atomic E-state index is 13.2. The number of nitrogens with one attached hydrogen (secondary N) is 1. The summed E-state index contributed by atoms with van der Waals surface area (Å²) in [5.74, 6) is 0.932. The minimum atomic E-state index is -0.539. The van der Waals surface area contributed by atoms with E-state index in [0.717, 1.165) is 94.6 Å². The van der Waals surface area contributed by atoms with E-state index in [1.54, 1.807) is 0 Å². The van der Waals surface area contributed by atoms with Gasteiger partial charge in [-0.05, 0) is 114 Å². The Morgan fingerprint density at radius 1 is 0.927 bits per heavy atom. The van der Waals surface area contributed by atoms with E-state index in [9.17, 15) is 9.90 Å². The molecule has 0 spiro atoms. The summed E-state index contributed by atoms with van der Waals surface area (Å²) in [7, 11) is 0. The maximum absolute atomic E-state index is 13.2. The quantitative estimate of drug-likeness (QED) is 0.162. The smallest absolute Gasteiger partial charge is 0.267 e. The van der Waals surface area contributed by atoms with E-state index in [2.05, 4.69) is 94.4 Å². The Bertz CT molecular complexity index is 1050. The molecular formula is C35H59N3O3. The average molecular weight is 570 g/mol. The lowest BCUT2D eigenvalue weighted by molar-refractivity contribution is 0.0204. The van der Waals surface area contributed by atoms with Gasteiger partial charge in [-0.2, -0.15) is 0 Å². The van der Waals surface area contributed by atoms with Gasteiger partial charge in [-0.3, -0.25) is 4.79 Å². The summed E-state index contributed by atoms with van der Waals surface area (Å²) in [6.45, 7) is 22.4. The lowest BCUT2D eigenvalue weighted by Crippen LogP contribution is -2.33. The third-order valence-corrected chi connectivity index (χ3v) is 9.40. The molecule has 1 aromatic heterocycles. The summed E-state index contributed by atoms with van der Waals surface area (Å²) in [6, 6.07) is 10.8. The first kappa shape index (κ1) is 34.9. The number of unbranched alkanes of at least 4 members (excludes halogenated alkanes) is 1. The van der Waals surface area contributed by atoms with Crippen LogP contribution in [0.4, 0.5) is 0 Å². The Morgan fingerprint density at radius 3 is 2.17 bits per heavy atom. The number of hydrogen-bond donors (Lipinski definition) is 2. The number of benzene rings is 1. The maximum Gasteiger partial charge on any atom is 0.267 e. The number of carbonyl (C=O) groups is 1. The van der Waals surface area contributed by atoms with Crippen molar-refractivity contribution in [2.24, 2.45) is 0 Å². The van der Waals surface area contributed by atoms with Gasteiger partial charge in [0.05, 0.1) is 12.2 Å². The Labute approximate surface area is 250 Å². The highest BCUT2D eigenvalue weighted by molar-refractivity contribution is 5.93. The van der Waals surface area contributed by atoms with Gasteiger partial charge in [0.15, 0.2) is 0 Å². The van der Waals surface area contributed by atoms with E-state index in [0.29, 0.717) is 13.2 Å². The predicted molar refractivity (Wildman–Crippen MR) is 172 cm³/mol. The van der Waals surface area contributed by atoms with Crippen molar-refractivity contribution in [3.05, 3.63) is 52.8 Å². The van der Waals surface area contributed by atoms with Crippen LogP contribution in [-0.2, 0) is 12.0 Å². The van der Waals surface area contributed by atoms with Crippen LogP contribution in [0.15, 0.2) is 30.3 Å². The van der Waals surface area contributed by atoms with Gasteiger partial charge >= 0.3 is 0 Å². The molecular weight excluding hydrogens is 510 g/mol. The first-order chi connectivity index (χ1) is 19.7. The first-order valence-corrected chi connectivity index (χ1v) is 16.4. The fraction of sp³-hybridized carbons (Fsp3) is 0.686. The van der Waals surface area contributed by atoms with Gasteiger partial charge < -0.3 is 24.6 Å². The van der Waals surface area contributed by atoms with Crippen molar-refractivity contribution in [3.63, 3.8) is 0 Å². The molecule has 6 heteroatoms. The topological polar surface area (TPSA) is 66.7 Å². The molecule has 6 nitrogen and oxygen atoms in total. The second-order valence-electron chi connectivity index (χ2n) is 11.5. The molecule has 2 aromatic rings. The van der Waals surface area contributed by atoms with Gasteiger partial charge in [0.1, 0.15) is 11.4 Å². The third-order valence-electron chi connectivity index (χ3n) is 9.40. The minimum absolute atomic E-state index is 0.00925. The zero-order valence-corrected chi connectivity index (χ0v) is 27.4. The molecule has 1 aromatic carbocycles. The lowest BCUT2D eigenvalue weighted by atomic mass is 9.72. The average Bonchev–Trinajstić information content (AvgIpc) is 3.43. The van der Waals surface area contributed by atoms with E-state index in [-0.39, 0.29) is 11.3 Å². The number of nitrogens with zero attached hydrogens (tertiary/aromatic N) is 2. The van der Waals surface area contributed by atoms with E-state index in [1.807, 2.05) is 6.07 Å². The fourth-order valence-corrected chi connectivity index (χ4v) is 6.18. The Hall–Kier alpha value is -2.31. The largest absolute Gasteiger partial charge is 0.493 e. The van der Waals surface area contributed by atoms with Crippen molar-refractivity contribution in [1.82, 2.24) is 14.8 Å². The lowest BCUT2D eigenvalue weighted by Gasteiger charge is -2.34. The Morgan fingerprint density at radius 2 is 1.61 bits per heavy atom. The number of aryl methyl sites for hydroxylation is 1. The Balaban J connectivity index is 2.16. The van der Waals surface area contributed by atoms with Crippen molar-refractivity contribution >= 4 is 5.91 Å². The van der Waals surface area contributed by atoms with Crippen LogP contribution in [0, 0.1) is 6.92 Å². The zero-order valence-electron chi connectivity index (χ0n) is 27.4. The van der Waals surface area contributed by atoms with Crippen molar-refractivity contribution in [2.75, 3.05) is 32.8 Å². The van der Waals surface area contributed by atoms with Gasteiger partial charge in [0.25, 0.3) is 5.91 Å². The Kier molecular flexibility index (Phi) is 14.4.